The van der Waals surface area contributed by atoms with Crippen molar-refractivity contribution in [1.82, 2.24) is 15.5 Å². The van der Waals surface area contributed by atoms with Gasteiger partial charge in [0, 0.05) is 47.3 Å². The monoisotopic (exact) mass is 613 g/mol. The van der Waals surface area contributed by atoms with Crippen LogP contribution in [0.2, 0.25) is 5.02 Å². The molecule has 3 rings (SSSR count). The van der Waals surface area contributed by atoms with Crippen LogP contribution in [-0.2, 0) is 27.7 Å². The van der Waals surface area contributed by atoms with Gasteiger partial charge in [-0.15, -0.1) is 0 Å². The first-order chi connectivity index (χ1) is 17.3. The van der Waals surface area contributed by atoms with Gasteiger partial charge in [0.2, 0.25) is 0 Å². The van der Waals surface area contributed by atoms with Crippen LogP contribution in [0.25, 0.3) is 0 Å². The Balaban J connectivity index is 1.59. The molecule has 2 amide bonds. The van der Waals surface area contributed by atoms with Gasteiger partial charge in [0.1, 0.15) is 5.60 Å². The molecule has 0 aliphatic carbocycles. The van der Waals surface area contributed by atoms with Gasteiger partial charge in [-0.25, -0.2) is 13.2 Å². The topological polar surface area (TPSA) is 105 Å². The molecule has 1 heterocycles. The van der Waals surface area contributed by atoms with Gasteiger partial charge < -0.3 is 15.4 Å². The molecule has 0 spiro atoms. The number of benzene rings is 2. The van der Waals surface area contributed by atoms with Gasteiger partial charge in [-0.3, -0.25) is 9.69 Å². The van der Waals surface area contributed by atoms with Crippen molar-refractivity contribution in [3.05, 3.63) is 62.6 Å². The third kappa shape index (κ3) is 8.43. The molecule has 1 saturated heterocycles. The van der Waals surface area contributed by atoms with E-state index < -0.39 is 21.5 Å². The maximum atomic E-state index is 12.8. The Morgan fingerprint density at radius 1 is 1.16 bits per heavy atom. The Morgan fingerprint density at radius 3 is 2.54 bits per heavy atom. The second-order valence-corrected chi connectivity index (χ2v) is 13.5. The predicted molar refractivity (Wildman–Crippen MR) is 148 cm³/mol. The maximum Gasteiger partial charge on any atom is 0.407 e. The molecule has 0 aromatic heterocycles. The minimum Gasteiger partial charge on any atom is -0.444 e. The smallest absolute Gasteiger partial charge is 0.407 e. The van der Waals surface area contributed by atoms with E-state index >= 15 is 0 Å². The number of likely N-dealkylation sites (tertiary alicyclic amines) is 1. The fourth-order valence-electron chi connectivity index (χ4n) is 4.05. The largest absolute Gasteiger partial charge is 0.444 e. The molecule has 1 atom stereocenters. The summed E-state index contributed by atoms with van der Waals surface area (Å²) in [5, 5.41) is 6.12. The Morgan fingerprint density at radius 2 is 1.89 bits per heavy atom. The van der Waals surface area contributed by atoms with E-state index in [9.17, 15) is 18.0 Å². The Labute approximate surface area is 232 Å². The van der Waals surface area contributed by atoms with Gasteiger partial charge in [-0.1, -0.05) is 40.5 Å². The molecule has 2 N–H and O–H groups in total. The third-order valence-corrected chi connectivity index (χ3v) is 8.68. The van der Waals surface area contributed by atoms with Crippen molar-refractivity contribution in [3.8, 4) is 0 Å². The van der Waals surface area contributed by atoms with Crippen molar-refractivity contribution < 1.29 is 22.7 Å². The molecule has 202 valence electrons. The van der Waals surface area contributed by atoms with E-state index in [0.29, 0.717) is 29.2 Å². The van der Waals surface area contributed by atoms with Crippen molar-refractivity contribution in [2.45, 2.75) is 63.7 Å². The number of sulfone groups is 1. The number of carbonyl (C=O) groups is 2. The van der Waals surface area contributed by atoms with E-state index in [1.807, 2.05) is 26.8 Å². The normalized spacial score (nSPS) is 16.4. The molecule has 1 aliphatic heterocycles. The molecule has 0 bridgehead atoms. The van der Waals surface area contributed by atoms with Crippen molar-refractivity contribution in [3.63, 3.8) is 0 Å². The average molecular weight is 615 g/mol. The lowest BCUT2D eigenvalue weighted by Gasteiger charge is -2.22. The molecule has 8 nitrogen and oxygen atoms in total. The Kier molecular flexibility index (Phi) is 9.66. The molecule has 0 unspecified atom stereocenters. The van der Waals surface area contributed by atoms with E-state index in [0.717, 1.165) is 23.0 Å². The minimum atomic E-state index is -3.45. The fourth-order valence-corrected chi connectivity index (χ4v) is 5.86. The van der Waals surface area contributed by atoms with Crippen LogP contribution in [0.3, 0.4) is 0 Å². The quantitative estimate of drug-likeness (QED) is 0.437. The number of hydrogen-bond acceptors (Lipinski definition) is 6. The second-order valence-electron chi connectivity index (χ2n) is 10.0. The number of amides is 2. The summed E-state index contributed by atoms with van der Waals surface area (Å²) >= 11 is 9.64. The predicted octanol–water partition coefficient (Wildman–Crippen LogP) is 4.93. The first-order valence-electron chi connectivity index (χ1n) is 12.1. The highest BCUT2D eigenvalue weighted by molar-refractivity contribution is 9.10. The van der Waals surface area contributed by atoms with Gasteiger partial charge in [-0.05, 0) is 68.7 Å². The summed E-state index contributed by atoms with van der Waals surface area (Å²) in [5.41, 5.74) is 1.37. The van der Waals surface area contributed by atoms with Crippen LogP contribution in [0.4, 0.5) is 4.79 Å². The van der Waals surface area contributed by atoms with Gasteiger partial charge in [0.25, 0.3) is 5.91 Å². The highest BCUT2D eigenvalue weighted by Crippen LogP contribution is 2.24. The zero-order valence-corrected chi connectivity index (χ0v) is 24.6. The first-order valence-corrected chi connectivity index (χ1v) is 14.9. The number of nitrogens with zero attached hydrogens (tertiary/aromatic N) is 1. The lowest BCUT2D eigenvalue weighted by atomic mass is 10.1. The summed E-state index contributed by atoms with van der Waals surface area (Å²) < 4.78 is 30.9. The number of carbonyl (C=O) groups excluding carboxylic acids is 2. The lowest BCUT2D eigenvalue weighted by Crippen LogP contribution is -2.40. The van der Waals surface area contributed by atoms with E-state index in [4.69, 9.17) is 16.3 Å². The Hall–Kier alpha value is -2.14. The molecule has 11 heteroatoms. The van der Waals surface area contributed by atoms with Crippen molar-refractivity contribution in [1.29, 1.82) is 0 Å². The summed E-state index contributed by atoms with van der Waals surface area (Å²) in [7, 11) is -3.45. The molecule has 37 heavy (non-hydrogen) atoms. The molecule has 2 aromatic carbocycles. The first kappa shape index (κ1) is 29.4. The highest BCUT2D eigenvalue weighted by Gasteiger charge is 2.26. The van der Waals surface area contributed by atoms with Gasteiger partial charge in [-0.2, -0.15) is 0 Å². The number of rotatable bonds is 8. The number of halogens is 2. The molecular formula is C26H33BrClN3O5S. The number of alkyl carbamates (subject to hydrolysis) is 1. The van der Waals surface area contributed by atoms with Crippen LogP contribution >= 0.6 is 27.5 Å². The highest BCUT2D eigenvalue weighted by atomic mass is 79.9. The molecular weight excluding hydrogens is 582 g/mol. The van der Waals surface area contributed by atoms with E-state index in [1.54, 1.807) is 25.1 Å². The second kappa shape index (κ2) is 12.1. The summed E-state index contributed by atoms with van der Waals surface area (Å²) in [6.45, 7) is 9.31. The summed E-state index contributed by atoms with van der Waals surface area (Å²) in [6.07, 6.45) is 0.421. The maximum absolute atomic E-state index is 12.8. The van der Waals surface area contributed by atoms with Gasteiger partial charge >= 0.3 is 6.09 Å². The third-order valence-electron chi connectivity index (χ3n) is 5.88. The van der Waals surface area contributed by atoms with Gasteiger partial charge in [0.05, 0.1) is 10.6 Å². The molecule has 0 radical (unpaired) electrons. The minimum absolute atomic E-state index is 0.0200. The molecule has 1 aliphatic rings. The van der Waals surface area contributed by atoms with E-state index in [2.05, 4.69) is 31.5 Å². The molecule has 2 aromatic rings. The number of ether oxygens (including phenoxy) is 1. The zero-order chi connectivity index (χ0) is 27.4. The van der Waals surface area contributed by atoms with Crippen LogP contribution in [0.1, 0.15) is 55.6 Å². The lowest BCUT2D eigenvalue weighted by molar-refractivity contribution is 0.0505. The van der Waals surface area contributed by atoms with Crippen LogP contribution in [0.5, 0.6) is 0 Å². The van der Waals surface area contributed by atoms with Crippen molar-refractivity contribution >= 4 is 49.4 Å². The van der Waals surface area contributed by atoms with E-state index in [-0.39, 0.29) is 29.1 Å². The zero-order valence-electron chi connectivity index (χ0n) is 21.4. The molecule has 1 fully saturated rings. The van der Waals surface area contributed by atoms with Crippen LogP contribution in [0, 0.1) is 0 Å². The molecule has 0 saturated carbocycles. The SMILES string of the molecule is CCS(=O)(=O)c1ccc(Cl)cc1CNC(=O)c1ccc(CN2CC[C@@H](NC(=O)OC(C)(C)C)C2)c(Br)c1. The summed E-state index contributed by atoms with van der Waals surface area (Å²) in [4.78, 5) is 27.3. The standard InChI is InChI=1S/C26H33BrClN3O5S/c1-5-37(34,35)23-9-8-20(28)12-19(23)14-29-24(32)17-6-7-18(22(27)13-17)15-31-11-10-21(16-31)30-25(33)36-26(2,3)4/h6-9,12-13,21H,5,10-11,14-16H2,1-4H3,(H,29,32)(H,30,33)/t21-/m1/s1. The van der Waals surface area contributed by atoms with Crippen LogP contribution < -0.4 is 10.6 Å². The van der Waals surface area contributed by atoms with Crippen LogP contribution in [-0.4, -0.2) is 55.8 Å². The fraction of sp³-hybridized carbons (Fsp3) is 0.462. The van der Waals surface area contributed by atoms with Gasteiger partial charge in [0.15, 0.2) is 9.84 Å². The number of nitrogens with one attached hydrogen (secondary N) is 2. The Bertz CT molecular complexity index is 1260. The van der Waals surface area contributed by atoms with E-state index in [1.165, 1.54) is 12.1 Å². The number of hydrogen-bond donors (Lipinski definition) is 2. The summed E-state index contributed by atoms with van der Waals surface area (Å²) in [5.74, 6) is -0.367. The average Bonchev–Trinajstić information content (AvgIpc) is 3.23. The van der Waals surface area contributed by atoms with Crippen molar-refractivity contribution in [2.75, 3.05) is 18.8 Å². The van der Waals surface area contributed by atoms with Crippen molar-refractivity contribution in [2.24, 2.45) is 0 Å². The van der Waals surface area contributed by atoms with Crippen LogP contribution in [0.15, 0.2) is 45.8 Å². The summed E-state index contributed by atoms with van der Waals surface area (Å²) in [6, 6.07) is 9.96.